The molecule has 3 saturated heterocycles. The Labute approximate surface area is 298 Å². The second-order valence-electron chi connectivity index (χ2n) is 12.9. The van der Waals surface area contributed by atoms with Crippen molar-refractivity contribution in [3.05, 3.63) is 46.6 Å². The van der Waals surface area contributed by atoms with Gasteiger partial charge in [-0.15, -0.1) is 0 Å². The van der Waals surface area contributed by atoms with Crippen LogP contribution in [0.3, 0.4) is 0 Å². The maximum absolute atomic E-state index is 14.2. The van der Waals surface area contributed by atoms with Crippen LogP contribution >= 0.6 is 0 Å². The molecule has 15 atom stereocenters. The Balaban J connectivity index is 1.41. The zero-order chi connectivity index (χ0) is 38.5. The average Bonchev–Trinajstić information content (AvgIpc) is 3.13. The molecule has 6 rings (SSSR count). The van der Waals surface area contributed by atoms with E-state index < -0.39 is 128 Å². The van der Waals surface area contributed by atoms with Crippen LogP contribution in [0.2, 0.25) is 0 Å². The number of ether oxygens (including phenoxy) is 6. The monoisotopic (exact) mass is 756 g/mol. The van der Waals surface area contributed by atoms with Crippen molar-refractivity contribution in [2.75, 3.05) is 13.2 Å². The Kier molecular flexibility index (Phi) is 11.5. The number of hydrogen-bond donors (Lipinski definition) is 12. The highest BCUT2D eigenvalue weighted by Crippen LogP contribution is 2.39. The molecule has 20 nitrogen and oxygen atoms in total. The normalized spacial score (nSPS) is 37.8. The van der Waals surface area contributed by atoms with E-state index in [1.54, 1.807) is 0 Å². The fourth-order valence-corrected chi connectivity index (χ4v) is 6.23. The number of benzene rings is 2. The Bertz CT molecular complexity index is 1780. The first-order valence-electron chi connectivity index (χ1n) is 16.4. The molecule has 3 aliphatic heterocycles. The van der Waals surface area contributed by atoms with Crippen molar-refractivity contribution in [3.63, 3.8) is 0 Å². The van der Waals surface area contributed by atoms with Gasteiger partial charge in [0.1, 0.15) is 89.3 Å². The Hall–Kier alpha value is -3.71. The van der Waals surface area contributed by atoms with E-state index in [4.69, 9.17) is 32.8 Å². The first-order chi connectivity index (χ1) is 25.1. The third-order valence-corrected chi connectivity index (χ3v) is 9.29. The molecular weight excluding hydrogens is 716 g/mol. The lowest BCUT2D eigenvalue weighted by Gasteiger charge is -2.45. The molecule has 0 unspecified atom stereocenters. The van der Waals surface area contributed by atoms with Gasteiger partial charge in [0.25, 0.3) is 0 Å². The standard InChI is InChI=1S/C33H40O20/c1-10-19(38)23(42)26(45)31(47-10)53-30-25(44)21(40)17(9-35)51-33(30)52-29-22(41)18-14(37)6-13(48-32-27(46)24(43)20(39)16(8-34)50-32)7-15(18)49-28(29)11-2-4-12(36)5-3-11/h2-7,10,16-17,19-21,23-27,30-40,42-46H,8-9H2,1H3/t10-,16+,17+,19-,20+,21-,23+,24-,25-,26+,27+,30+,31-,32+,33-/m0/s1. The van der Waals surface area contributed by atoms with Crippen LogP contribution in [0.4, 0.5) is 0 Å². The van der Waals surface area contributed by atoms with Crippen molar-refractivity contribution in [2.45, 2.75) is 99.0 Å². The summed E-state index contributed by atoms with van der Waals surface area (Å²) in [7, 11) is 0. The summed E-state index contributed by atoms with van der Waals surface area (Å²) >= 11 is 0. The number of aliphatic hydroxyl groups is 10. The van der Waals surface area contributed by atoms with Crippen LogP contribution in [0, 0.1) is 0 Å². The second kappa shape index (κ2) is 15.6. The fourth-order valence-electron chi connectivity index (χ4n) is 6.23. The Morgan fingerprint density at radius 2 is 1.25 bits per heavy atom. The number of aromatic hydroxyl groups is 2. The summed E-state index contributed by atoms with van der Waals surface area (Å²) in [6, 6.07) is 7.18. The van der Waals surface area contributed by atoms with Gasteiger partial charge < -0.3 is 94.1 Å². The molecule has 0 aliphatic carbocycles. The lowest BCUT2D eigenvalue weighted by atomic mass is 9.97. The van der Waals surface area contributed by atoms with Gasteiger partial charge in [-0.25, -0.2) is 0 Å². The number of phenolic OH excluding ortho intramolecular Hbond substituents is 2. The van der Waals surface area contributed by atoms with Gasteiger partial charge >= 0.3 is 0 Å². The quantitative estimate of drug-likeness (QED) is 0.0992. The maximum atomic E-state index is 14.2. The molecule has 0 radical (unpaired) electrons. The zero-order valence-electron chi connectivity index (χ0n) is 27.7. The van der Waals surface area contributed by atoms with Crippen molar-refractivity contribution in [3.8, 4) is 34.3 Å². The van der Waals surface area contributed by atoms with E-state index in [-0.39, 0.29) is 28.4 Å². The lowest BCUT2D eigenvalue weighted by molar-refractivity contribution is -0.354. The van der Waals surface area contributed by atoms with Crippen molar-refractivity contribution < 1.29 is 94.1 Å². The highest BCUT2D eigenvalue weighted by Gasteiger charge is 2.51. The molecule has 4 heterocycles. The molecule has 20 heteroatoms. The Morgan fingerprint density at radius 3 is 1.89 bits per heavy atom. The van der Waals surface area contributed by atoms with Crippen molar-refractivity contribution in [1.29, 1.82) is 0 Å². The fraction of sp³-hybridized carbons (Fsp3) is 0.545. The molecule has 0 amide bonds. The minimum Gasteiger partial charge on any atom is -0.508 e. The molecule has 0 bridgehead atoms. The van der Waals surface area contributed by atoms with E-state index in [1.807, 2.05) is 0 Å². The van der Waals surface area contributed by atoms with Crippen LogP contribution in [-0.4, -0.2) is 167 Å². The molecular formula is C33H40O20. The summed E-state index contributed by atoms with van der Waals surface area (Å²) in [6.45, 7) is -0.235. The van der Waals surface area contributed by atoms with Crippen LogP contribution in [-0.2, 0) is 18.9 Å². The van der Waals surface area contributed by atoms with Gasteiger partial charge in [-0.1, -0.05) is 0 Å². The minimum absolute atomic E-state index is 0.0982. The van der Waals surface area contributed by atoms with Crippen molar-refractivity contribution in [1.82, 2.24) is 0 Å². The van der Waals surface area contributed by atoms with Crippen LogP contribution in [0.5, 0.6) is 23.0 Å². The molecule has 0 spiro atoms. The second-order valence-corrected chi connectivity index (χ2v) is 12.9. The van der Waals surface area contributed by atoms with E-state index in [0.29, 0.717) is 0 Å². The zero-order valence-corrected chi connectivity index (χ0v) is 27.7. The molecule has 0 saturated carbocycles. The van der Waals surface area contributed by atoms with E-state index in [1.165, 1.54) is 31.2 Å². The van der Waals surface area contributed by atoms with Gasteiger partial charge in [-0.05, 0) is 31.2 Å². The largest absolute Gasteiger partial charge is 0.508 e. The van der Waals surface area contributed by atoms with Gasteiger partial charge in [0.15, 0.2) is 18.2 Å². The number of rotatable bonds is 9. The lowest BCUT2D eigenvalue weighted by Crippen LogP contribution is -2.64. The molecule has 3 aromatic rings. The van der Waals surface area contributed by atoms with E-state index >= 15 is 0 Å². The van der Waals surface area contributed by atoms with Gasteiger partial charge in [0, 0.05) is 17.7 Å². The summed E-state index contributed by atoms with van der Waals surface area (Å²) in [6.07, 6.45) is -25.3. The first kappa shape index (κ1) is 39.0. The maximum Gasteiger partial charge on any atom is 0.239 e. The number of fused-ring (bicyclic) bond motifs is 1. The molecule has 1 aromatic heterocycles. The number of hydrogen-bond acceptors (Lipinski definition) is 20. The van der Waals surface area contributed by atoms with E-state index in [9.17, 15) is 66.1 Å². The molecule has 3 fully saturated rings. The topological polar surface area (TPSA) is 328 Å². The van der Waals surface area contributed by atoms with Crippen LogP contribution in [0.25, 0.3) is 22.3 Å². The summed E-state index contributed by atoms with van der Waals surface area (Å²) in [5.41, 5.74) is -1.30. The van der Waals surface area contributed by atoms with Crippen LogP contribution in [0.15, 0.2) is 45.6 Å². The van der Waals surface area contributed by atoms with Gasteiger partial charge in [-0.2, -0.15) is 0 Å². The van der Waals surface area contributed by atoms with Gasteiger partial charge in [0.2, 0.25) is 23.8 Å². The molecule has 12 N–H and O–H groups in total. The minimum atomic E-state index is -1.94. The van der Waals surface area contributed by atoms with E-state index in [0.717, 1.165) is 12.1 Å². The SMILES string of the molecule is C[C@@H]1O[C@@H](O[C@H]2[C@H](Oc3c(-c4ccc(O)cc4)oc4cc(O[C@@H]5O[C@H](CO)[C@@H](O)[C@H](O)[C@H]5O)cc(O)c4c3=O)O[C@H](CO)[C@H](O)[C@@H]2O)[C@H](O)[C@H](O)[C@H]1O. The van der Waals surface area contributed by atoms with Crippen molar-refractivity contribution >= 4 is 11.0 Å². The summed E-state index contributed by atoms with van der Waals surface area (Å²) in [5.74, 6) is -2.26. The summed E-state index contributed by atoms with van der Waals surface area (Å²) < 4.78 is 39.9. The third kappa shape index (κ3) is 7.39. The number of phenols is 2. The highest BCUT2D eigenvalue weighted by atomic mass is 16.8. The smallest absolute Gasteiger partial charge is 0.239 e. The average molecular weight is 757 g/mol. The molecule has 53 heavy (non-hydrogen) atoms. The van der Waals surface area contributed by atoms with Crippen LogP contribution < -0.4 is 14.9 Å². The molecule has 292 valence electrons. The van der Waals surface area contributed by atoms with Gasteiger partial charge in [0.05, 0.1) is 19.3 Å². The summed E-state index contributed by atoms with van der Waals surface area (Å²) in [5, 5.41) is 123. The predicted octanol–water partition coefficient (Wildman–Crippen LogP) is -3.92. The molecule has 3 aliphatic rings. The van der Waals surface area contributed by atoms with Crippen molar-refractivity contribution in [2.24, 2.45) is 0 Å². The first-order valence-corrected chi connectivity index (χ1v) is 16.4. The third-order valence-electron chi connectivity index (χ3n) is 9.29. The van der Waals surface area contributed by atoms with Crippen LogP contribution in [0.1, 0.15) is 6.92 Å². The number of aliphatic hydroxyl groups excluding tert-OH is 10. The molecule has 2 aromatic carbocycles. The van der Waals surface area contributed by atoms with Gasteiger partial charge in [-0.3, -0.25) is 4.79 Å². The predicted molar refractivity (Wildman–Crippen MR) is 171 cm³/mol. The Morgan fingerprint density at radius 1 is 0.660 bits per heavy atom. The highest BCUT2D eigenvalue weighted by molar-refractivity contribution is 5.88. The van der Waals surface area contributed by atoms with E-state index in [2.05, 4.69) is 0 Å². The summed E-state index contributed by atoms with van der Waals surface area (Å²) in [4.78, 5) is 14.2.